The normalized spacial score (nSPS) is 11.3. The number of nitrogens with zero attached hydrogens (tertiary/aromatic N) is 2. The van der Waals surface area contributed by atoms with Crippen LogP contribution in [-0.2, 0) is 16.6 Å². The lowest BCUT2D eigenvalue weighted by atomic mass is 10.1. The third-order valence-corrected chi connectivity index (χ3v) is 4.04. The Hall–Kier alpha value is -2.15. The van der Waals surface area contributed by atoms with E-state index in [-0.39, 0.29) is 10.8 Å². The number of sulfonamides is 1. The number of hydrogen-bond acceptors (Lipinski definition) is 4. The van der Waals surface area contributed by atoms with Crippen molar-refractivity contribution >= 4 is 21.5 Å². The first-order valence-corrected chi connectivity index (χ1v) is 7.56. The highest BCUT2D eigenvalue weighted by atomic mass is 32.2. The Morgan fingerprint density at radius 3 is 2.75 bits per heavy atom. The summed E-state index contributed by atoms with van der Waals surface area (Å²) in [7, 11) is -3.74. The first-order chi connectivity index (χ1) is 9.42. The predicted molar refractivity (Wildman–Crippen MR) is 75.2 cm³/mol. The maximum Gasteiger partial charge on any atom is 0.280 e. The van der Waals surface area contributed by atoms with E-state index in [4.69, 9.17) is 0 Å². The molecule has 2 aromatic rings. The predicted octanol–water partition coefficient (Wildman–Crippen LogP) is 1.91. The number of benzene rings is 1. The number of hydrogen-bond donors (Lipinski definition) is 1. The summed E-state index contributed by atoms with van der Waals surface area (Å²) in [6, 6.07) is 6.34. The van der Waals surface area contributed by atoms with Crippen LogP contribution in [0.3, 0.4) is 0 Å². The summed E-state index contributed by atoms with van der Waals surface area (Å²) in [6.45, 7) is 3.96. The summed E-state index contributed by atoms with van der Waals surface area (Å²) < 4.78 is 28.4. The van der Waals surface area contributed by atoms with Crippen molar-refractivity contribution < 1.29 is 13.2 Å². The Labute approximate surface area is 117 Å². The summed E-state index contributed by atoms with van der Waals surface area (Å²) in [6.07, 6.45) is 2.91. The zero-order valence-corrected chi connectivity index (χ0v) is 12.0. The fourth-order valence-electron chi connectivity index (χ4n) is 1.66. The van der Waals surface area contributed by atoms with Gasteiger partial charge in [-0.3, -0.25) is 9.52 Å². The van der Waals surface area contributed by atoms with Crippen LogP contribution in [0.2, 0.25) is 0 Å². The summed E-state index contributed by atoms with van der Waals surface area (Å²) in [5.74, 6) is -0.124. The van der Waals surface area contributed by atoms with Crippen molar-refractivity contribution in [1.29, 1.82) is 0 Å². The third kappa shape index (κ3) is 3.05. The monoisotopic (exact) mass is 293 g/mol. The van der Waals surface area contributed by atoms with Crippen LogP contribution < -0.4 is 4.72 Å². The summed E-state index contributed by atoms with van der Waals surface area (Å²) in [5, 5.41) is -0.0485. The lowest BCUT2D eigenvalue weighted by Gasteiger charge is -2.06. The van der Waals surface area contributed by atoms with E-state index in [0.29, 0.717) is 17.8 Å². The molecular weight excluding hydrogens is 278 g/mol. The molecule has 0 saturated carbocycles. The molecule has 1 heterocycles. The van der Waals surface area contributed by atoms with Crippen LogP contribution in [0.5, 0.6) is 0 Å². The van der Waals surface area contributed by atoms with E-state index < -0.39 is 10.0 Å². The van der Waals surface area contributed by atoms with Gasteiger partial charge in [-0.2, -0.15) is 8.42 Å². The molecule has 0 spiro atoms. The molecule has 0 atom stereocenters. The number of aromatic nitrogens is 2. The van der Waals surface area contributed by atoms with E-state index in [9.17, 15) is 13.2 Å². The maximum absolute atomic E-state index is 12.1. The van der Waals surface area contributed by atoms with Crippen LogP contribution in [0.1, 0.15) is 24.2 Å². The zero-order chi connectivity index (χ0) is 14.8. The van der Waals surface area contributed by atoms with Gasteiger partial charge in [0.1, 0.15) is 0 Å². The van der Waals surface area contributed by atoms with E-state index in [1.165, 1.54) is 25.5 Å². The molecule has 2 rings (SSSR count). The fourth-order valence-corrected chi connectivity index (χ4v) is 2.66. The lowest BCUT2D eigenvalue weighted by Crippen LogP contribution is -2.13. The molecule has 0 saturated heterocycles. The van der Waals surface area contributed by atoms with Gasteiger partial charge in [0, 0.05) is 24.0 Å². The molecule has 0 fully saturated rings. The average Bonchev–Trinajstić information content (AvgIpc) is 2.88. The van der Waals surface area contributed by atoms with Crippen molar-refractivity contribution in [2.75, 3.05) is 4.72 Å². The Bertz CT molecular complexity index is 735. The van der Waals surface area contributed by atoms with Gasteiger partial charge in [0.25, 0.3) is 10.0 Å². The van der Waals surface area contributed by atoms with Gasteiger partial charge in [-0.25, -0.2) is 4.98 Å². The highest BCUT2D eigenvalue weighted by molar-refractivity contribution is 7.92. The number of Topliss-reactive ketones (excluding diaryl/α,β-unsaturated/α-hetero) is 1. The standard InChI is InChI=1S/C13H15N3O3S/c1-3-16-8-13(14-9-16)20(18,19)15-12-6-4-5-11(7-12)10(2)17/h4-9,15H,3H2,1-2H3. The van der Waals surface area contributed by atoms with E-state index in [2.05, 4.69) is 9.71 Å². The molecule has 0 aliphatic rings. The molecule has 1 aromatic heterocycles. The van der Waals surface area contributed by atoms with Crippen molar-refractivity contribution in [1.82, 2.24) is 9.55 Å². The Morgan fingerprint density at radius 2 is 2.15 bits per heavy atom. The second-order valence-corrected chi connectivity index (χ2v) is 5.91. The molecule has 0 bridgehead atoms. The quantitative estimate of drug-likeness (QED) is 0.854. The van der Waals surface area contributed by atoms with Gasteiger partial charge in [-0.15, -0.1) is 0 Å². The number of imidazole rings is 1. The second kappa shape index (κ2) is 5.46. The molecule has 6 nitrogen and oxygen atoms in total. The number of anilines is 1. The first-order valence-electron chi connectivity index (χ1n) is 6.08. The third-order valence-electron chi connectivity index (χ3n) is 2.77. The molecule has 0 unspecified atom stereocenters. The second-order valence-electron chi connectivity index (χ2n) is 4.28. The van der Waals surface area contributed by atoms with Crippen LogP contribution in [0.25, 0.3) is 0 Å². The van der Waals surface area contributed by atoms with Crippen LogP contribution in [-0.4, -0.2) is 23.8 Å². The SMILES string of the molecule is CCn1cnc(S(=O)(=O)Nc2cccc(C(C)=O)c2)c1. The minimum atomic E-state index is -3.74. The maximum atomic E-state index is 12.1. The molecule has 0 aliphatic heterocycles. The van der Waals surface area contributed by atoms with Crippen molar-refractivity contribution in [2.45, 2.75) is 25.4 Å². The van der Waals surface area contributed by atoms with Gasteiger partial charge in [0.05, 0.1) is 6.33 Å². The fraction of sp³-hybridized carbons (Fsp3) is 0.231. The van der Waals surface area contributed by atoms with Gasteiger partial charge in [0.15, 0.2) is 10.8 Å². The van der Waals surface area contributed by atoms with Crippen LogP contribution >= 0.6 is 0 Å². The van der Waals surface area contributed by atoms with Gasteiger partial charge in [0.2, 0.25) is 0 Å². The van der Waals surface area contributed by atoms with E-state index in [1.54, 1.807) is 22.8 Å². The largest absolute Gasteiger partial charge is 0.336 e. The number of ketones is 1. The van der Waals surface area contributed by atoms with E-state index in [0.717, 1.165) is 0 Å². The van der Waals surface area contributed by atoms with Crippen molar-refractivity contribution in [2.24, 2.45) is 0 Å². The van der Waals surface area contributed by atoms with Crippen LogP contribution in [0, 0.1) is 0 Å². The molecule has 106 valence electrons. The molecule has 0 aliphatic carbocycles. The molecular formula is C13H15N3O3S. The molecule has 7 heteroatoms. The number of aryl methyl sites for hydroxylation is 1. The van der Waals surface area contributed by atoms with Crippen molar-refractivity contribution in [3.05, 3.63) is 42.4 Å². The smallest absolute Gasteiger partial charge is 0.280 e. The Balaban J connectivity index is 2.28. The minimum absolute atomic E-state index is 0.0485. The molecule has 0 radical (unpaired) electrons. The molecule has 20 heavy (non-hydrogen) atoms. The van der Waals surface area contributed by atoms with Crippen molar-refractivity contribution in [3.63, 3.8) is 0 Å². The number of carbonyl (C=O) groups is 1. The lowest BCUT2D eigenvalue weighted by molar-refractivity contribution is 0.101. The van der Waals surface area contributed by atoms with Crippen LogP contribution in [0.15, 0.2) is 41.8 Å². The first kappa shape index (κ1) is 14.3. The Morgan fingerprint density at radius 1 is 1.40 bits per heavy atom. The number of rotatable bonds is 5. The number of nitrogens with one attached hydrogen (secondary N) is 1. The highest BCUT2D eigenvalue weighted by Crippen LogP contribution is 2.16. The van der Waals surface area contributed by atoms with Crippen molar-refractivity contribution in [3.8, 4) is 0 Å². The highest BCUT2D eigenvalue weighted by Gasteiger charge is 2.17. The zero-order valence-electron chi connectivity index (χ0n) is 11.2. The van der Waals surface area contributed by atoms with Gasteiger partial charge < -0.3 is 4.57 Å². The molecule has 1 aromatic carbocycles. The number of carbonyl (C=O) groups excluding carboxylic acids is 1. The molecule has 0 amide bonds. The Kier molecular flexibility index (Phi) is 3.89. The molecule has 1 N–H and O–H groups in total. The van der Waals surface area contributed by atoms with Gasteiger partial charge in [-0.1, -0.05) is 12.1 Å². The van der Waals surface area contributed by atoms with E-state index >= 15 is 0 Å². The summed E-state index contributed by atoms with van der Waals surface area (Å²) >= 11 is 0. The minimum Gasteiger partial charge on any atom is -0.336 e. The summed E-state index contributed by atoms with van der Waals surface area (Å²) in [4.78, 5) is 15.1. The van der Waals surface area contributed by atoms with Gasteiger partial charge in [-0.05, 0) is 26.0 Å². The summed E-state index contributed by atoms with van der Waals surface area (Å²) in [5.41, 5.74) is 0.785. The van der Waals surface area contributed by atoms with Gasteiger partial charge >= 0.3 is 0 Å². The average molecular weight is 293 g/mol. The van der Waals surface area contributed by atoms with E-state index in [1.807, 2.05) is 6.92 Å². The topological polar surface area (TPSA) is 81.1 Å². The van der Waals surface area contributed by atoms with Crippen LogP contribution in [0.4, 0.5) is 5.69 Å².